The Labute approximate surface area is 70.9 Å². The van der Waals surface area contributed by atoms with E-state index in [0.717, 1.165) is 4.68 Å². The van der Waals surface area contributed by atoms with E-state index >= 15 is 0 Å². The predicted molar refractivity (Wildman–Crippen MR) is 33.6 cm³/mol. The minimum absolute atomic E-state index is 0.380. The summed E-state index contributed by atoms with van der Waals surface area (Å²) in [6.07, 6.45) is -4.59. The van der Waals surface area contributed by atoms with Crippen LogP contribution < -0.4 is 4.74 Å². The van der Waals surface area contributed by atoms with Crippen molar-refractivity contribution in [3.8, 4) is 5.88 Å². The molecule has 1 aromatic rings. The van der Waals surface area contributed by atoms with Gasteiger partial charge in [-0.05, 0) is 0 Å². The Morgan fingerprint density at radius 1 is 1.54 bits per heavy atom. The summed E-state index contributed by atoms with van der Waals surface area (Å²) < 4.78 is 52.5. The Bertz CT molecular complexity index is 293. The first kappa shape index (κ1) is 9.82. The van der Waals surface area contributed by atoms with Crippen molar-refractivity contribution >= 4 is 0 Å². The molecule has 0 spiro atoms. The van der Waals surface area contributed by atoms with Crippen molar-refractivity contribution < 1.29 is 22.3 Å². The van der Waals surface area contributed by atoms with Gasteiger partial charge in [-0.3, -0.25) is 0 Å². The number of aromatic nitrogens is 2. The molecular weight excluding hydrogens is 192 g/mol. The fourth-order valence-electron chi connectivity index (χ4n) is 0.711. The maximum Gasteiger partial charge on any atom is 0.435 e. The molecule has 0 N–H and O–H groups in total. The Kier molecular flexibility index (Phi) is 2.44. The van der Waals surface area contributed by atoms with Crippen molar-refractivity contribution in [3.05, 3.63) is 11.8 Å². The lowest BCUT2D eigenvalue weighted by Crippen LogP contribution is -2.06. The first-order valence-electron chi connectivity index (χ1n) is 3.17. The van der Waals surface area contributed by atoms with Crippen LogP contribution in [0.3, 0.4) is 0 Å². The van der Waals surface area contributed by atoms with Crippen LogP contribution in [-0.4, -0.2) is 16.6 Å². The van der Waals surface area contributed by atoms with Crippen LogP contribution in [0.1, 0.15) is 5.69 Å². The molecule has 0 saturated carbocycles. The van der Waals surface area contributed by atoms with Gasteiger partial charge in [-0.2, -0.15) is 18.3 Å². The molecule has 3 nitrogen and oxygen atoms in total. The second kappa shape index (κ2) is 3.23. The molecule has 7 heteroatoms. The summed E-state index contributed by atoms with van der Waals surface area (Å²) in [5.41, 5.74) is -1.22. The maximum atomic E-state index is 12.0. The maximum absolute atomic E-state index is 12.0. The van der Waals surface area contributed by atoms with Crippen molar-refractivity contribution in [2.75, 3.05) is 6.86 Å². The summed E-state index contributed by atoms with van der Waals surface area (Å²) in [7, 11) is 1.21. The molecule has 1 heterocycles. The molecule has 1 rings (SSSR count). The largest absolute Gasteiger partial charge is 0.446 e. The van der Waals surface area contributed by atoms with Crippen LogP contribution >= 0.6 is 0 Å². The van der Waals surface area contributed by atoms with Gasteiger partial charge < -0.3 is 4.74 Å². The molecule has 13 heavy (non-hydrogen) atoms. The van der Waals surface area contributed by atoms with Crippen LogP contribution in [0.2, 0.25) is 0 Å². The van der Waals surface area contributed by atoms with Crippen LogP contribution in [0, 0.1) is 6.07 Å². The normalized spacial score (nSPS) is 11.8. The number of nitrogens with zero attached hydrogens (tertiary/aromatic N) is 2. The molecule has 0 aliphatic rings. The fourth-order valence-corrected chi connectivity index (χ4v) is 0.711. The van der Waals surface area contributed by atoms with Crippen LogP contribution in [-0.2, 0) is 13.2 Å². The molecule has 0 atom stereocenters. The minimum Gasteiger partial charge on any atom is -0.446 e. The van der Waals surface area contributed by atoms with E-state index in [0.29, 0.717) is 0 Å². The highest BCUT2D eigenvalue weighted by molar-refractivity contribution is 5.15. The lowest BCUT2D eigenvalue weighted by Gasteiger charge is -1.98. The smallest absolute Gasteiger partial charge is 0.435 e. The van der Waals surface area contributed by atoms with Crippen molar-refractivity contribution in [1.29, 1.82) is 0 Å². The molecule has 1 radical (unpaired) electrons. The lowest BCUT2D eigenvalue weighted by molar-refractivity contribution is -0.141. The molecule has 0 saturated heterocycles. The number of alkyl halides is 4. The highest BCUT2D eigenvalue weighted by atomic mass is 19.4. The van der Waals surface area contributed by atoms with Crippen LogP contribution in [0.5, 0.6) is 5.88 Å². The second-order valence-corrected chi connectivity index (χ2v) is 2.15. The first-order valence-corrected chi connectivity index (χ1v) is 3.17. The monoisotopic (exact) mass is 197 g/mol. The van der Waals surface area contributed by atoms with Crippen molar-refractivity contribution in [1.82, 2.24) is 9.78 Å². The summed E-state index contributed by atoms with van der Waals surface area (Å²) >= 11 is 0. The second-order valence-electron chi connectivity index (χ2n) is 2.15. The summed E-state index contributed by atoms with van der Waals surface area (Å²) in [6.45, 7) is -1.21. The van der Waals surface area contributed by atoms with Gasteiger partial charge in [0, 0.05) is 7.05 Å². The van der Waals surface area contributed by atoms with Gasteiger partial charge >= 0.3 is 6.18 Å². The number of rotatable bonds is 2. The third kappa shape index (κ3) is 2.10. The topological polar surface area (TPSA) is 27.1 Å². The van der Waals surface area contributed by atoms with E-state index in [1.165, 1.54) is 7.05 Å². The van der Waals surface area contributed by atoms with Gasteiger partial charge in [-0.25, -0.2) is 9.07 Å². The third-order valence-electron chi connectivity index (χ3n) is 1.23. The van der Waals surface area contributed by atoms with Gasteiger partial charge in [0.15, 0.2) is 5.69 Å². The van der Waals surface area contributed by atoms with Gasteiger partial charge in [-0.15, -0.1) is 0 Å². The van der Waals surface area contributed by atoms with Crippen LogP contribution in [0.25, 0.3) is 0 Å². The Morgan fingerprint density at radius 3 is 2.54 bits per heavy atom. The SMILES string of the molecule is Cn1nc(C(F)(F)F)[c]c1OCF. The zero-order chi connectivity index (χ0) is 10.1. The Morgan fingerprint density at radius 2 is 2.15 bits per heavy atom. The Balaban J connectivity index is 2.95. The zero-order valence-electron chi connectivity index (χ0n) is 6.52. The molecule has 0 aliphatic carbocycles. The van der Waals surface area contributed by atoms with E-state index in [1.807, 2.05) is 0 Å². The van der Waals surface area contributed by atoms with Crippen LogP contribution in [0.15, 0.2) is 0 Å². The van der Waals surface area contributed by atoms with Crippen molar-refractivity contribution in [2.45, 2.75) is 6.18 Å². The van der Waals surface area contributed by atoms with Gasteiger partial charge in [0.25, 0.3) is 0 Å². The van der Waals surface area contributed by atoms with E-state index in [1.54, 1.807) is 6.07 Å². The molecule has 0 fully saturated rings. The number of aryl methyl sites for hydroxylation is 1. The minimum atomic E-state index is -4.59. The standard InChI is InChI=1S/C6H5F4N2O/c1-12-5(13-3-7)2-4(11-12)6(8,9)10/h3H2,1H3. The lowest BCUT2D eigenvalue weighted by atomic mass is 10.4. The predicted octanol–water partition coefficient (Wildman–Crippen LogP) is 1.54. The van der Waals surface area contributed by atoms with E-state index in [4.69, 9.17) is 0 Å². The van der Waals surface area contributed by atoms with E-state index < -0.39 is 18.7 Å². The molecule has 1 aromatic heterocycles. The van der Waals surface area contributed by atoms with Crippen molar-refractivity contribution in [3.63, 3.8) is 0 Å². The number of halogens is 4. The quantitative estimate of drug-likeness (QED) is 0.672. The molecule has 0 aromatic carbocycles. The molecule has 0 aliphatic heterocycles. The van der Waals surface area contributed by atoms with Gasteiger partial charge in [0.2, 0.25) is 12.7 Å². The number of hydrogen-bond donors (Lipinski definition) is 0. The zero-order valence-corrected chi connectivity index (χ0v) is 6.52. The fraction of sp³-hybridized carbons (Fsp3) is 0.500. The summed E-state index contributed by atoms with van der Waals surface area (Å²) in [4.78, 5) is 0. The van der Waals surface area contributed by atoms with E-state index in [-0.39, 0.29) is 5.88 Å². The molecule has 0 unspecified atom stereocenters. The highest BCUT2D eigenvalue weighted by Gasteiger charge is 2.35. The average Bonchev–Trinajstić information content (AvgIpc) is 2.32. The molecule has 0 bridgehead atoms. The Hall–Kier alpha value is -1.27. The van der Waals surface area contributed by atoms with Gasteiger partial charge in [0.05, 0.1) is 6.07 Å². The number of hydrogen-bond acceptors (Lipinski definition) is 2. The molecule has 0 amide bonds. The number of ether oxygens (including phenoxy) is 1. The molecule has 73 valence electrons. The highest BCUT2D eigenvalue weighted by Crippen LogP contribution is 2.29. The van der Waals surface area contributed by atoms with Gasteiger partial charge in [0.1, 0.15) is 0 Å². The van der Waals surface area contributed by atoms with Crippen LogP contribution in [0.4, 0.5) is 17.6 Å². The summed E-state index contributed by atoms with van der Waals surface area (Å²) in [6, 6.07) is 1.79. The average molecular weight is 197 g/mol. The molecular formula is C6H5F4N2O. The van der Waals surface area contributed by atoms with E-state index in [2.05, 4.69) is 9.84 Å². The third-order valence-corrected chi connectivity index (χ3v) is 1.23. The summed E-state index contributed by atoms with van der Waals surface area (Å²) in [5.74, 6) is -0.380. The van der Waals surface area contributed by atoms with Crippen molar-refractivity contribution in [2.24, 2.45) is 7.05 Å². The van der Waals surface area contributed by atoms with Gasteiger partial charge in [-0.1, -0.05) is 0 Å². The summed E-state index contributed by atoms with van der Waals surface area (Å²) in [5, 5.41) is 3.04. The first-order chi connectivity index (χ1) is 5.95. The van der Waals surface area contributed by atoms with E-state index in [9.17, 15) is 17.6 Å².